The van der Waals surface area contributed by atoms with E-state index in [4.69, 9.17) is 15.0 Å². The van der Waals surface area contributed by atoms with Crippen LogP contribution in [0, 0.1) is 5.53 Å². The second-order valence-electron chi connectivity index (χ2n) is 2.76. The van der Waals surface area contributed by atoms with Crippen LogP contribution in [0.3, 0.4) is 0 Å². The van der Waals surface area contributed by atoms with Gasteiger partial charge in [-0.25, -0.2) is 5.53 Å². The molecule has 2 unspecified atom stereocenters. The first-order chi connectivity index (χ1) is 6.24. The lowest BCUT2D eigenvalue weighted by Gasteiger charge is -2.17. The van der Waals surface area contributed by atoms with Crippen LogP contribution in [0.5, 0.6) is 0 Å². The molecule has 2 N–H and O–H groups in total. The Morgan fingerprint density at radius 1 is 1.69 bits per heavy atom. The SMILES string of the molecule is CCOC1C(O)[C@H](N=N)O[C@@H]1CI. The van der Waals surface area contributed by atoms with Gasteiger partial charge in [0.05, 0.1) is 6.10 Å². The molecule has 5 nitrogen and oxygen atoms in total. The summed E-state index contributed by atoms with van der Waals surface area (Å²) in [5, 5.41) is 12.8. The van der Waals surface area contributed by atoms with Crippen LogP contribution in [0.1, 0.15) is 6.92 Å². The van der Waals surface area contributed by atoms with Crippen molar-refractivity contribution in [2.45, 2.75) is 31.5 Å². The van der Waals surface area contributed by atoms with Crippen LogP contribution in [0.15, 0.2) is 5.11 Å². The van der Waals surface area contributed by atoms with Crippen molar-refractivity contribution < 1.29 is 14.6 Å². The molecule has 4 atom stereocenters. The Hall–Kier alpha value is 0.210. The van der Waals surface area contributed by atoms with Gasteiger partial charge in [-0.15, -0.1) is 0 Å². The van der Waals surface area contributed by atoms with Crippen LogP contribution in [0.2, 0.25) is 0 Å². The van der Waals surface area contributed by atoms with Gasteiger partial charge in [0.2, 0.25) is 0 Å². The van der Waals surface area contributed by atoms with Gasteiger partial charge >= 0.3 is 0 Å². The molecular formula is C7H13IN2O3. The van der Waals surface area contributed by atoms with Gasteiger partial charge in [-0.1, -0.05) is 22.6 Å². The topological polar surface area (TPSA) is 74.9 Å². The fourth-order valence-corrected chi connectivity index (χ4v) is 2.06. The Balaban J connectivity index is 2.61. The molecule has 0 aromatic carbocycles. The van der Waals surface area contributed by atoms with Crippen molar-refractivity contribution in [3.8, 4) is 0 Å². The van der Waals surface area contributed by atoms with E-state index in [1.165, 1.54) is 0 Å². The van der Waals surface area contributed by atoms with E-state index in [-0.39, 0.29) is 12.2 Å². The van der Waals surface area contributed by atoms with Crippen molar-refractivity contribution in [3.05, 3.63) is 0 Å². The van der Waals surface area contributed by atoms with Gasteiger partial charge < -0.3 is 14.6 Å². The zero-order chi connectivity index (χ0) is 9.84. The lowest BCUT2D eigenvalue weighted by molar-refractivity contribution is -0.0248. The van der Waals surface area contributed by atoms with Gasteiger partial charge in [0.25, 0.3) is 0 Å². The molecule has 1 aliphatic rings. The summed E-state index contributed by atoms with van der Waals surface area (Å²) >= 11 is 2.16. The molecule has 76 valence electrons. The summed E-state index contributed by atoms with van der Waals surface area (Å²) in [4.78, 5) is 0. The third kappa shape index (κ3) is 2.36. The highest BCUT2D eigenvalue weighted by atomic mass is 127. The van der Waals surface area contributed by atoms with Crippen LogP contribution in [-0.2, 0) is 9.47 Å². The summed E-state index contributed by atoms with van der Waals surface area (Å²) in [5.74, 6) is 0. The number of hydrogen-bond acceptors (Lipinski definition) is 5. The van der Waals surface area contributed by atoms with Gasteiger partial charge in [0.1, 0.15) is 12.2 Å². The van der Waals surface area contributed by atoms with E-state index in [9.17, 15) is 5.11 Å². The zero-order valence-electron chi connectivity index (χ0n) is 7.31. The number of nitrogens with zero attached hydrogens (tertiary/aromatic N) is 1. The van der Waals surface area contributed by atoms with Gasteiger partial charge in [-0.3, -0.25) is 0 Å². The fourth-order valence-electron chi connectivity index (χ4n) is 1.35. The Kier molecular flexibility index (Phi) is 4.50. The highest BCUT2D eigenvalue weighted by Crippen LogP contribution is 2.25. The first-order valence-corrected chi connectivity index (χ1v) is 5.64. The average Bonchev–Trinajstić information content (AvgIpc) is 2.45. The maximum absolute atomic E-state index is 9.61. The van der Waals surface area contributed by atoms with Crippen LogP contribution in [0.4, 0.5) is 0 Å². The normalized spacial score (nSPS) is 39.3. The predicted molar refractivity (Wildman–Crippen MR) is 54.1 cm³/mol. The van der Waals surface area contributed by atoms with E-state index in [0.717, 1.165) is 4.43 Å². The maximum Gasteiger partial charge on any atom is 0.197 e. The van der Waals surface area contributed by atoms with Gasteiger partial charge in [-0.05, 0) is 6.92 Å². The molecule has 0 saturated carbocycles. The van der Waals surface area contributed by atoms with Crippen molar-refractivity contribution in [2.24, 2.45) is 5.11 Å². The molecule has 0 aromatic heterocycles. The molecule has 0 amide bonds. The summed E-state index contributed by atoms with van der Waals surface area (Å²) in [7, 11) is 0. The smallest absolute Gasteiger partial charge is 0.197 e. The predicted octanol–water partition coefficient (Wildman–Crippen LogP) is 0.943. The molecule has 0 aliphatic carbocycles. The Bertz CT molecular complexity index is 181. The third-order valence-corrected chi connectivity index (χ3v) is 2.82. The highest BCUT2D eigenvalue weighted by Gasteiger charge is 2.43. The minimum absolute atomic E-state index is 0.158. The molecule has 0 aromatic rings. The molecule has 1 heterocycles. The summed E-state index contributed by atoms with van der Waals surface area (Å²) < 4.78 is 11.4. The van der Waals surface area contributed by atoms with E-state index in [0.29, 0.717) is 6.61 Å². The standard InChI is InChI=1S/C7H13IN2O3/c1-2-12-6-4(3-8)13-7(10-9)5(6)11/h4-7,9,11H,2-3H2,1H3/t4-,5?,6?,7-/m1/s1. The number of halogens is 1. The number of ether oxygens (including phenoxy) is 2. The molecule has 0 spiro atoms. The van der Waals surface area contributed by atoms with Crippen molar-refractivity contribution in [2.75, 3.05) is 11.0 Å². The molecule has 0 radical (unpaired) electrons. The lowest BCUT2D eigenvalue weighted by Crippen LogP contribution is -2.35. The minimum Gasteiger partial charge on any atom is -0.385 e. The van der Waals surface area contributed by atoms with E-state index >= 15 is 0 Å². The van der Waals surface area contributed by atoms with Gasteiger partial charge in [0.15, 0.2) is 6.23 Å². The molecule has 6 heteroatoms. The molecule has 1 fully saturated rings. The minimum atomic E-state index is -0.808. The Labute approximate surface area is 90.4 Å². The van der Waals surface area contributed by atoms with Gasteiger partial charge in [-0.2, -0.15) is 5.11 Å². The largest absolute Gasteiger partial charge is 0.385 e. The number of alkyl halides is 1. The van der Waals surface area contributed by atoms with E-state index in [1.54, 1.807) is 0 Å². The number of aliphatic hydroxyl groups excluding tert-OH is 1. The quantitative estimate of drug-likeness (QED) is 0.461. The van der Waals surface area contributed by atoms with Crippen LogP contribution >= 0.6 is 22.6 Å². The molecule has 1 aliphatic heterocycles. The first kappa shape index (κ1) is 11.3. The molecule has 0 bridgehead atoms. The molecule has 1 rings (SSSR count). The van der Waals surface area contributed by atoms with E-state index in [2.05, 4.69) is 27.7 Å². The van der Waals surface area contributed by atoms with Crippen LogP contribution < -0.4 is 0 Å². The number of hydrogen-bond donors (Lipinski definition) is 2. The molecular weight excluding hydrogens is 287 g/mol. The number of aliphatic hydroxyl groups is 1. The summed E-state index contributed by atoms with van der Waals surface area (Å²) in [6, 6.07) is 0. The van der Waals surface area contributed by atoms with Crippen LogP contribution in [0.25, 0.3) is 0 Å². The van der Waals surface area contributed by atoms with Crippen molar-refractivity contribution in [1.82, 2.24) is 0 Å². The second-order valence-corrected chi connectivity index (χ2v) is 3.64. The van der Waals surface area contributed by atoms with Crippen LogP contribution in [-0.4, -0.2) is 40.7 Å². The van der Waals surface area contributed by atoms with E-state index in [1.807, 2.05) is 6.92 Å². The summed E-state index contributed by atoms with van der Waals surface area (Å²) in [5.41, 5.74) is 6.80. The number of rotatable bonds is 4. The fraction of sp³-hybridized carbons (Fsp3) is 1.00. The Morgan fingerprint density at radius 3 is 2.85 bits per heavy atom. The second kappa shape index (κ2) is 5.18. The zero-order valence-corrected chi connectivity index (χ0v) is 9.47. The van der Waals surface area contributed by atoms with Crippen molar-refractivity contribution >= 4 is 22.6 Å². The van der Waals surface area contributed by atoms with Gasteiger partial charge in [0, 0.05) is 11.0 Å². The Morgan fingerprint density at radius 2 is 2.38 bits per heavy atom. The average molecular weight is 300 g/mol. The lowest BCUT2D eigenvalue weighted by atomic mass is 10.1. The van der Waals surface area contributed by atoms with Crippen molar-refractivity contribution in [1.29, 1.82) is 5.53 Å². The molecule has 1 saturated heterocycles. The third-order valence-electron chi connectivity index (χ3n) is 1.95. The van der Waals surface area contributed by atoms with E-state index < -0.39 is 12.3 Å². The monoisotopic (exact) mass is 300 g/mol. The van der Waals surface area contributed by atoms with Crippen molar-refractivity contribution in [3.63, 3.8) is 0 Å². The highest BCUT2D eigenvalue weighted by molar-refractivity contribution is 14.1. The molecule has 13 heavy (non-hydrogen) atoms. The maximum atomic E-state index is 9.61. The number of nitrogens with one attached hydrogen (secondary N) is 1. The summed E-state index contributed by atoms with van der Waals surface area (Å²) in [6.45, 7) is 2.39. The first-order valence-electron chi connectivity index (χ1n) is 4.12. The summed E-state index contributed by atoms with van der Waals surface area (Å²) in [6.07, 6.45) is -2.07.